The Morgan fingerprint density at radius 3 is 2.12 bits per heavy atom. The van der Waals surface area contributed by atoms with Crippen molar-refractivity contribution in [2.75, 3.05) is 13.2 Å². The Balaban J connectivity index is 2.78. The first-order valence-corrected chi connectivity index (χ1v) is 5.75. The van der Waals surface area contributed by atoms with Crippen LogP contribution >= 0.6 is 0 Å². The topological polar surface area (TPSA) is 44.8 Å². The molecule has 0 bridgehead atoms. The summed E-state index contributed by atoms with van der Waals surface area (Å²) >= 11 is 0. The lowest BCUT2D eigenvalue weighted by atomic mass is 9.89. The molecule has 4 heteroatoms. The fraction of sp³-hybridized carbons (Fsp3) is 0.769. The Hall–Kier alpha value is -0.870. The minimum atomic E-state index is -0.900. The van der Waals surface area contributed by atoms with Crippen LogP contribution in [-0.4, -0.2) is 30.6 Å². The molecule has 0 atom stereocenters. The van der Waals surface area contributed by atoms with Gasteiger partial charge in [-0.05, 0) is 34.6 Å². The minimum absolute atomic E-state index is 0.235. The van der Waals surface area contributed by atoms with E-state index in [1.165, 1.54) is 0 Å². The van der Waals surface area contributed by atoms with Crippen LogP contribution in [0, 0.1) is 5.41 Å². The summed E-state index contributed by atoms with van der Waals surface area (Å²) in [7, 11) is 0. The molecule has 0 N–H and O–H groups in total. The van der Waals surface area contributed by atoms with Crippen molar-refractivity contribution in [3.63, 3.8) is 0 Å². The molecule has 0 aromatic rings. The molecule has 98 valence electrons. The Kier molecular flexibility index (Phi) is 3.69. The number of hydrogen-bond donors (Lipinski definition) is 0. The van der Waals surface area contributed by atoms with Gasteiger partial charge >= 0.3 is 5.97 Å². The van der Waals surface area contributed by atoms with Crippen molar-refractivity contribution in [3.05, 3.63) is 12.7 Å². The number of hydrogen-bond acceptors (Lipinski definition) is 4. The van der Waals surface area contributed by atoms with Gasteiger partial charge in [0, 0.05) is 0 Å². The Morgan fingerprint density at radius 1 is 1.29 bits per heavy atom. The van der Waals surface area contributed by atoms with Crippen molar-refractivity contribution in [1.82, 2.24) is 0 Å². The largest absolute Gasteiger partial charge is 0.459 e. The third kappa shape index (κ3) is 3.54. The van der Waals surface area contributed by atoms with Gasteiger partial charge in [-0.25, -0.2) is 0 Å². The molecule has 1 aliphatic rings. The van der Waals surface area contributed by atoms with Crippen LogP contribution in [0.5, 0.6) is 0 Å². The number of ether oxygens (including phenoxy) is 3. The molecule has 0 unspecified atom stereocenters. The molecule has 0 aliphatic carbocycles. The molecule has 1 aliphatic heterocycles. The Bertz CT molecular complexity index is 302. The predicted octanol–water partition coefficient (Wildman–Crippen LogP) is 2.28. The molecule has 4 nitrogen and oxygen atoms in total. The lowest BCUT2D eigenvalue weighted by molar-refractivity contribution is -0.277. The third-order valence-corrected chi connectivity index (χ3v) is 2.55. The van der Waals surface area contributed by atoms with Gasteiger partial charge in [0.05, 0.1) is 13.2 Å². The molecule has 0 aromatic heterocycles. The fourth-order valence-corrected chi connectivity index (χ4v) is 1.39. The van der Waals surface area contributed by atoms with E-state index in [4.69, 9.17) is 14.2 Å². The number of rotatable bonds is 2. The van der Waals surface area contributed by atoms with Crippen LogP contribution in [0.3, 0.4) is 0 Å². The summed E-state index contributed by atoms with van der Waals surface area (Å²) in [6.45, 7) is 13.3. The molecular formula is C13H22O4. The minimum Gasteiger partial charge on any atom is -0.459 e. The molecule has 1 fully saturated rings. The average molecular weight is 242 g/mol. The summed E-state index contributed by atoms with van der Waals surface area (Å²) in [5.41, 5.74) is -1.43. The molecule has 0 aromatic carbocycles. The first-order valence-electron chi connectivity index (χ1n) is 5.75. The number of carbonyl (C=O) groups is 1. The normalized spacial score (nSPS) is 22.9. The highest BCUT2D eigenvalue weighted by atomic mass is 16.7. The van der Waals surface area contributed by atoms with Crippen molar-refractivity contribution in [2.45, 2.75) is 46.0 Å². The van der Waals surface area contributed by atoms with E-state index in [0.29, 0.717) is 0 Å². The van der Waals surface area contributed by atoms with Crippen molar-refractivity contribution in [1.29, 1.82) is 0 Å². The highest BCUT2D eigenvalue weighted by Crippen LogP contribution is 2.33. The summed E-state index contributed by atoms with van der Waals surface area (Å²) in [4.78, 5) is 12.1. The third-order valence-electron chi connectivity index (χ3n) is 2.55. The van der Waals surface area contributed by atoms with E-state index >= 15 is 0 Å². The van der Waals surface area contributed by atoms with Gasteiger partial charge in [0.1, 0.15) is 11.0 Å². The van der Waals surface area contributed by atoms with Gasteiger partial charge in [-0.2, -0.15) is 0 Å². The van der Waals surface area contributed by atoms with Crippen molar-refractivity contribution >= 4 is 5.97 Å². The monoisotopic (exact) mass is 242 g/mol. The van der Waals surface area contributed by atoms with E-state index in [0.717, 1.165) is 0 Å². The SMILES string of the molecule is C=CC1(C(=O)OC(C)(C)C)COC(C)(C)OC1. The van der Waals surface area contributed by atoms with Crippen molar-refractivity contribution < 1.29 is 19.0 Å². The van der Waals surface area contributed by atoms with E-state index in [9.17, 15) is 4.79 Å². The van der Waals surface area contributed by atoms with Gasteiger partial charge < -0.3 is 14.2 Å². The second-order valence-corrected chi connectivity index (χ2v) is 5.84. The van der Waals surface area contributed by atoms with Gasteiger partial charge in [-0.15, -0.1) is 6.58 Å². The van der Waals surface area contributed by atoms with Crippen LogP contribution in [0.15, 0.2) is 12.7 Å². The van der Waals surface area contributed by atoms with Gasteiger partial charge in [-0.3, -0.25) is 4.79 Å². The molecule has 0 saturated carbocycles. The molecular weight excluding hydrogens is 220 g/mol. The standard InChI is InChI=1S/C13H22O4/c1-7-13(10(14)17-11(2,3)4)8-15-12(5,6)16-9-13/h7H,1,8-9H2,2-6H3. The van der Waals surface area contributed by atoms with Gasteiger partial charge in [0.25, 0.3) is 0 Å². The van der Waals surface area contributed by atoms with Gasteiger partial charge in [-0.1, -0.05) is 6.08 Å². The fourth-order valence-electron chi connectivity index (χ4n) is 1.39. The first-order chi connectivity index (χ1) is 7.60. The molecule has 1 rings (SSSR count). The van der Waals surface area contributed by atoms with Gasteiger partial charge in [0.15, 0.2) is 5.79 Å². The van der Waals surface area contributed by atoms with E-state index in [1.54, 1.807) is 6.08 Å². The summed E-state index contributed by atoms with van der Waals surface area (Å²) in [6, 6.07) is 0. The van der Waals surface area contributed by atoms with Crippen LogP contribution in [0.25, 0.3) is 0 Å². The lowest BCUT2D eigenvalue weighted by Crippen LogP contribution is -2.51. The molecule has 1 heterocycles. The summed E-state index contributed by atoms with van der Waals surface area (Å²) in [5.74, 6) is -1.01. The molecule has 0 amide bonds. The van der Waals surface area contributed by atoms with Crippen LogP contribution < -0.4 is 0 Å². The maximum atomic E-state index is 12.1. The van der Waals surface area contributed by atoms with Crippen LogP contribution in [-0.2, 0) is 19.0 Å². The second kappa shape index (κ2) is 4.42. The Labute approximate surface area is 103 Å². The van der Waals surface area contributed by atoms with E-state index in [-0.39, 0.29) is 19.2 Å². The molecule has 17 heavy (non-hydrogen) atoms. The summed E-state index contributed by atoms with van der Waals surface area (Å²) in [5, 5.41) is 0. The van der Waals surface area contributed by atoms with Crippen molar-refractivity contribution in [3.8, 4) is 0 Å². The van der Waals surface area contributed by atoms with Crippen molar-refractivity contribution in [2.24, 2.45) is 5.41 Å². The number of carbonyl (C=O) groups excluding carboxylic acids is 1. The molecule has 0 radical (unpaired) electrons. The zero-order chi connectivity index (χ0) is 13.3. The predicted molar refractivity (Wildman–Crippen MR) is 64.5 cm³/mol. The smallest absolute Gasteiger partial charge is 0.321 e. The van der Waals surface area contributed by atoms with E-state index in [1.807, 2.05) is 34.6 Å². The van der Waals surface area contributed by atoms with Crippen LogP contribution in [0.1, 0.15) is 34.6 Å². The zero-order valence-corrected chi connectivity index (χ0v) is 11.3. The first kappa shape index (κ1) is 14.2. The average Bonchev–Trinajstić information content (AvgIpc) is 2.16. The molecule has 0 spiro atoms. The molecule has 1 saturated heterocycles. The maximum Gasteiger partial charge on any atom is 0.321 e. The van der Waals surface area contributed by atoms with Crippen LogP contribution in [0.4, 0.5) is 0 Å². The highest BCUT2D eigenvalue weighted by molar-refractivity contribution is 5.80. The summed E-state index contributed by atoms with van der Waals surface area (Å²) < 4.78 is 16.4. The zero-order valence-electron chi connectivity index (χ0n) is 11.3. The van der Waals surface area contributed by atoms with Crippen LogP contribution in [0.2, 0.25) is 0 Å². The quantitative estimate of drug-likeness (QED) is 0.550. The maximum absolute atomic E-state index is 12.1. The van der Waals surface area contributed by atoms with Gasteiger partial charge in [0.2, 0.25) is 0 Å². The Morgan fingerprint density at radius 2 is 1.76 bits per heavy atom. The number of esters is 1. The lowest BCUT2D eigenvalue weighted by Gasteiger charge is -2.41. The summed E-state index contributed by atoms with van der Waals surface area (Å²) in [6.07, 6.45) is 1.55. The van der Waals surface area contributed by atoms with E-state index in [2.05, 4.69) is 6.58 Å². The second-order valence-electron chi connectivity index (χ2n) is 5.84. The van der Waals surface area contributed by atoms with E-state index < -0.39 is 16.8 Å². The highest BCUT2D eigenvalue weighted by Gasteiger charge is 2.46.